The Morgan fingerprint density at radius 3 is 2.58 bits per heavy atom. The Bertz CT molecular complexity index is 591. The summed E-state index contributed by atoms with van der Waals surface area (Å²) >= 11 is 13.9. The molecule has 1 aromatic heterocycles. The minimum atomic E-state index is 0.461. The van der Waals surface area contributed by atoms with E-state index in [4.69, 9.17) is 28.9 Å². The van der Waals surface area contributed by atoms with Gasteiger partial charge in [-0.2, -0.15) is 0 Å². The van der Waals surface area contributed by atoms with Gasteiger partial charge in [-0.25, -0.2) is 4.98 Å². The van der Waals surface area contributed by atoms with Crippen LogP contribution in [0.1, 0.15) is 16.8 Å². The molecule has 0 radical (unpaired) electrons. The van der Waals surface area contributed by atoms with Gasteiger partial charge in [0.1, 0.15) is 5.15 Å². The van der Waals surface area contributed by atoms with Crippen LogP contribution in [0.15, 0.2) is 29.2 Å². The van der Waals surface area contributed by atoms with Gasteiger partial charge in [0, 0.05) is 32.6 Å². The van der Waals surface area contributed by atoms with Crippen molar-refractivity contribution in [1.82, 2.24) is 4.98 Å². The Morgan fingerprint density at radius 2 is 1.95 bits per heavy atom. The molecule has 1 aromatic carbocycles. The largest absolute Gasteiger partial charge is 0.398 e. The predicted octanol–water partition coefficient (Wildman–Crippen LogP) is 4.88. The van der Waals surface area contributed by atoms with Gasteiger partial charge in [-0.05, 0) is 37.6 Å². The van der Waals surface area contributed by atoms with E-state index in [1.165, 1.54) is 0 Å². The number of rotatable bonds is 3. The Labute approximate surface area is 127 Å². The number of hydrogen-bond acceptors (Lipinski definition) is 3. The smallest absolute Gasteiger partial charge is 0.134 e. The Hall–Kier alpha value is -0.900. The predicted molar refractivity (Wildman–Crippen MR) is 84.1 cm³/mol. The molecule has 19 heavy (non-hydrogen) atoms. The number of pyridine rings is 1. The highest BCUT2D eigenvalue weighted by molar-refractivity contribution is 7.98. The molecule has 100 valence electrons. The number of halogens is 2. The fraction of sp³-hybridized carbons (Fsp3) is 0.214. The lowest BCUT2D eigenvalue weighted by Gasteiger charge is -2.09. The van der Waals surface area contributed by atoms with E-state index >= 15 is 0 Å². The molecule has 5 heteroatoms. The molecule has 0 saturated carbocycles. The van der Waals surface area contributed by atoms with Crippen LogP contribution in [-0.4, -0.2) is 4.98 Å². The minimum absolute atomic E-state index is 0.461. The lowest BCUT2D eigenvalue weighted by Crippen LogP contribution is -1.93. The third kappa shape index (κ3) is 3.56. The van der Waals surface area contributed by atoms with Gasteiger partial charge < -0.3 is 5.73 Å². The van der Waals surface area contributed by atoms with E-state index < -0.39 is 0 Å². The SMILES string of the molecule is Cc1ccc(SCc2c(Cl)cc(C)nc2Cl)c(N)c1. The van der Waals surface area contributed by atoms with E-state index in [-0.39, 0.29) is 0 Å². The zero-order chi connectivity index (χ0) is 14.0. The van der Waals surface area contributed by atoms with Crippen LogP contribution in [0.4, 0.5) is 5.69 Å². The third-order valence-corrected chi connectivity index (χ3v) is 4.45. The molecule has 0 spiro atoms. The van der Waals surface area contributed by atoms with E-state index in [1.807, 2.05) is 38.1 Å². The van der Waals surface area contributed by atoms with E-state index in [1.54, 1.807) is 11.8 Å². The average molecular weight is 313 g/mol. The average Bonchev–Trinajstić information content (AvgIpc) is 2.30. The quantitative estimate of drug-likeness (QED) is 0.498. The van der Waals surface area contributed by atoms with E-state index in [0.717, 1.165) is 27.4 Å². The van der Waals surface area contributed by atoms with Crippen LogP contribution < -0.4 is 5.73 Å². The number of nitrogens with two attached hydrogens (primary N) is 1. The van der Waals surface area contributed by atoms with Crippen molar-refractivity contribution >= 4 is 40.7 Å². The summed E-state index contributed by atoms with van der Waals surface area (Å²) in [5.74, 6) is 0.651. The highest BCUT2D eigenvalue weighted by atomic mass is 35.5. The van der Waals surface area contributed by atoms with Crippen molar-refractivity contribution in [3.05, 3.63) is 51.3 Å². The van der Waals surface area contributed by atoms with Gasteiger partial charge in [0.15, 0.2) is 0 Å². The minimum Gasteiger partial charge on any atom is -0.398 e. The van der Waals surface area contributed by atoms with Crippen molar-refractivity contribution < 1.29 is 0 Å². The molecular formula is C14H14Cl2N2S. The molecule has 0 aliphatic carbocycles. The summed E-state index contributed by atoms with van der Waals surface area (Å²) in [6.45, 7) is 3.88. The molecule has 0 aliphatic heterocycles. The summed E-state index contributed by atoms with van der Waals surface area (Å²) in [4.78, 5) is 5.25. The van der Waals surface area contributed by atoms with Gasteiger partial charge >= 0.3 is 0 Å². The van der Waals surface area contributed by atoms with Gasteiger partial charge in [0.25, 0.3) is 0 Å². The van der Waals surface area contributed by atoms with Crippen LogP contribution in [0, 0.1) is 13.8 Å². The lowest BCUT2D eigenvalue weighted by molar-refractivity contribution is 1.16. The van der Waals surface area contributed by atoms with Crippen molar-refractivity contribution in [2.45, 2.75) is 24.5 Å². The highest BCUT2D eigenvalue weighted by Crippen LogP contribution is 2.33. The highest BCUT2D eigenvalue weighted by Gasteiger charge is 2.10. The molecule has 2 nitrogen and oxygen atoms in total. The molecule has 0 aliphatic rings. The molecule has 1 heterocycles. The van der Waals surface area contributed by atoms with E-state index in [2.05, 4.69) is 4.98 Å². The van der Waals surface area contributed by atoms with Crippen molar-refractivity contribution in [2.75, 3.05) is 5.73 Å². The van der Waals surface area contributed by atoms with Crippen molar-refractivity contribution in [1.29, 1.82) is 0 Å². The molecule has 2 aromatic rings. The topological polar surface area (TPSA) is 38.9 Å². The second-order valence-corrected chi connectivity index (χ2v) is 6.13. The molecule has 0 unspecified atom stereocenters. The van der Waals surface area contributed by atoms with Crippen molar-refractivity contribution in [3.63, 3.8) is 0 Å². The number of aryl methyl sites for hydroxylation is 2. The zero-order valence-corrected chi connectivity index (χ0v) is 13.0. The fourth-order valence-electron chi connectivity index (χ4n) is 1.70. The summed E-state index contributed by atoms with van der Waals surface area (Å²) in [5.41, 5.74) is 9.57. The number of nitrogen functional groups attached to an aromatic ring is 1. The normalized spacial score (nSPS) is 10.7. The van der Waals surface area contributed by atoms with Gasteiger partial charge in [-0.1, -0.05) is 29.3 Å². The number of hydrogen-bond donors (Lipinski definition) is 1. The molecule has 0 bridgehead atoms. The second kappa shape index (κ2) is 6.04. The third-order valence-electron chi connectivity index (χ3n) is 2.68. The fourth-order valence-corrected chi connectivity index (χ4v) is 3.51. The Balaban J connectivity index is 2.19. The molecule has 0 fully saturated rings. The summed E-state index contributed by atoms with van der Waals surface area (Å²) in [6, 6.07) is 7.83. The molecule has 0 atom stereocenters. The maximum atomic E-state index is 6.20. The molecule has 0 amide bonds. The van der Waals surface area contributed by atoms with Crippen LogP contribution in [0.2, 0.25) is 10.2 Å². The number of aromatic nitrogens is 1. The number of nitrogens with zero attached hydrogens (tertiary/aromatic N) is 1. The second-order valence-electron chi connectivity index (χ2n) is 4.34. The summed E-state index contributed by atoms with van der Waals surface area (Å²) in [5, 5.41) is 1.11. The summed E-state index contributed by atoms with van der Waals surface area (Å²) in [7, 11) is 0. The van der Waals surface area contributed by atoms with Gasteiger partial charge in [0.2, 0.25) is 0 Å². The van der Waals surface area contributed by atoms with Crippen LogP contribution in [0.5, 0.6) is 0 Å². The lowest BCUT2D eigenvalue weighted by atomic mass is 10.2. The van der Waals surface area contributed by atoms with Crippen LogP contribution in [-0.2, 0) is 5.75 Å². The number of anilines is 1. The van der Waals surface area contributed by atoms with Crippen molar-refractivity contribution in [3.8, 4) is 0 Å². The van der Waals surface area contributed by atoms with Crippen LogP contribution >= 0.6 is 35.0 Å². The van der Waals surface area contributed by atoms with Gasteiger partial charge in [-0.3, -0.25) is 0 Å². The first-order valence-electron chi connectivity index (χ1n) is 5.78. The maximum Gasteiger partial charge on any atom is 0.134 e. The monoisotopic (exact) mass is 312 g/mol. The summed E-state index contributed by atoms with van der Waals surface area (Å²) < 4.78 is 0. The Morgan fingerprint density at radius 1 is 1.21 bits per heavy atom. The first kappa shape index (κ1) is 14.5. The van der Waals surface area contributed by atoms with Gasteiger partial charge in [0.05, 0.1) is 0 Å². The molecule has 2 N–H and O–H groups in total. The zero-order valence-electron chi connectivity index (χ0n) is 10.7. The first-order valence-corrected chi connectivity index (χ1v) is 7.52. The molecular weight excluding hydrogens is 299 g/mol. The number of thioether (sulfide) groups is 1. The van der Waals surface area contributed by atoms with Gasteiger partial charge in [-0.15, -0.1) is 11.8 Å². The molecule has 2 rings (SSSR count). The number of benzene rings is 1. The Kier molecular flexibility index (Phi) is 4.61. The van der Waals surface area contributed by atoms with E-state index in [0.29, 0.717) is 15.9 Å². The maximum absolute atomic E-state index is 6.20. The standard InChI is InChI=1S/C14H14Cl2N2S/c1-8-3-4-13(12(17)5-8)19-7-10-11(15)6-9(2)18-14(10)16/h3-6H,7,17H2,1-2H3. The molecule has 0 saturated heterocycles. The van der Waals surface area contributed by atoms with Crippen molar-refractivity contribution in [2.24, 2.45) is 0 Å². The van der Waals surface area contributed by atoms with Crippen LogP contribution in [0.3, 0.4) is 0 Å². The summed E-state index contributed by atoms with van der Waals surface area (Å²) in [6.07, 6.45) is 0. The first-order chi connectivity index (χ1) is 8.97. The van der Waals surface area contributed by atoms with Crippen LogP contribution in [0.25, 0.3) is 0 Å². The van der Waals surface area contributed by atoms with E-state index in [9.17, 15) is 0 Å².